The molecule has 0 aliphatic carbocycles. The van der Waals surface area contributed by atoms with Gasteiger partial charge in [0.1, 0.15) is 11.6 Å². The summed E-state index contributed by atoms with van der Waals surface area (Å²) in [5.74, 6) is 2.27. The first-order valence-electron chi connectivity index (χ1n) is 6.35. The zero-order valence-electron chi connectivity index (χ0n) is 10.9. The largest absolute Gasteiger partial charge is 0.393 e. The highest BCUT2D eigenvalue weighted by Gasteiger charge is 2.23. The Morgan fingerprint density at radius 2 is 2.11 bits per heavy atom. The Labute approximate surface area is 107 Å². The molecule has 0 amide bonds. The van der Waals surface area contributed by atoms with Crippen LogP contribution in [0.25, 0.3) is 0 Å². The molecule has 1 aliphatic heterocycles. The van der Waals surface area contributed by atoms with E-state index in [4.69, 9.17) is 5.73 Å². The molecule has 0 spiro atoms. The lowest BCUT2D eigenvalue weighted by Gasteiger charge is -2.34. The summed E-state index contributed by atoms with van der Waals surface area (Å²) in [5, 5.41) is 12.6. The maximum Gasteiger partial charge on any atom is 0.223 e. The van der Waals surface area contributed by atoms with E-state index >= 15 is 0 Å². The number of aliphatic hydroxyl groups excluding tert-OH is 1. The Morgan fingerprint density at radius 1 is 1.44 bits per heavy atom. The number of hydrogen-bond acceptors (Lipinski definition) is 6. The molecule has 0 bridgehead atoms. The van der Waals surface area contributed by atoms with Crippen LogP contribution in [0, 0.1) is 5.92 Å². The molecule has 18 heavy (non-hydrogen) atoms. The van der Waals surface area contributed by atoms with E-state index in [9.17, 15) is 5.11 Å². The van der Waals surface area contributed by atoms with Gasteiger partial charge in [-0.1, -0.05) is 0 Å². The van der Waals surface area contributed by atoms with Crippen LogP contribution < -0.4 is 16.0 Å². The highest BCUT2D eigenvalue weighted by atomic mass is 16.3. The highest BCUT2D eigenvalue weighted by Crippen LogP contribution is 2.25. The molecule has 6 heteroatoms. The van der Waals surface area contributed by atoms with Crippen molar-refractivity contribution in [2.45, 2.75) is 25.9 Å². The van der Waals surface area contributed by atoms with Crippen LogP contribution in [0.2, 0.25) is 0 Å². The quantitative estimate of drug-likeness (QED) is 0.733. The van der Waals surface area contributed by atoms with E-state index in [1.165, 1.54) is 0 Å². The maximum atomic E-state index is 9.59. The number of nitrogens with two attached hydrogens (primary N) is 1. The smallest absolute Gasteiger partial charge is 0.223 e. The monoisotopic (exact) mass is 251 g/mol. The van der Waals surface area contributed by atoms with Gasteiger partial charge < -0.3 is 21.1 Å². The minimum atomic E-state index is -0.226. The summed E-state index contributed by atoms with van der Waals surface area (Å²) in [6.45, 7) is 3.66. The van der Waals surface area contributed by atoms with Crippen molar-refractivity contribution in [3.63, 3.8) is 0 Å². The van der Waals surface area contributed by atoms with Crippen molar-refractivity contribution in [3.8, 4) is 0 Å². The fourth-order valence-corrected chi connectivity index (χ4v) is 2.35. The van der Waals surface area contributed by atoms with Crippen LogP contribution in [0.4, 0.5) is 17.6 Å². The van der Waals surface area contributed by atoms with Gasteiger partial charge in [0.25, 0.3) is 0 Å². The molecule has 1 atom stereocenters. The van der Waals surface area contributed by atoms with Gasteiger partial charge in [-0.05, 0) is 25.7 Å². The normalized spacial score (nSPS) is 18.7. The molecule has 2 heterocycles. The number of nitrogen functional groups attached to an aromatic ring is 1. The van der Waals surface area contributed by atoms with E-state index in [1.54, 1.807) is 0 Å². The second-order valence-electron chi connectivity index (χ2n) is 4.78. The number of anilines is 3. The second-order valence-corrected chi connectivity index (χ2v) is 4.78. The fraction of sp³-hybridized carbons (Fsp3) is 0.667. The van der Waals surface area contributed by atoms with Crippen molar-refractivity contribution in [1.82, 2.24) is 9.97 Å². The first kappa shape index (κ1) is 12.9. The average Bonchev–Trinajstić information content (AvgIpc) is 2.38. The topological polar surface area (TPSA) is 87.3 Å². The van der Waals surface area contributed by atoms with Crippen molar-refractivity contribution in [1.29, 1.82) is 0 Å². The number of rotatable bonds is 3. The standard InChI is InChI=1S/C12H21N5O/c1-8(18)9-3-5-17(6-4-9)11-7-10(14-2)15-12(13)16-11/h7-9,18H,3-6H2,1-2H3,(H3,13,14,15,16). The van der Waals surface area contributed by atoms with Crippen molar-refractivity contribution in [2.24, 2.45) is 5.92 Å². The van der Waals surface area contributed by atoms with Gasteiger partial charge in [-0.25, -0.2) is 0 Å². The van der Waals surface area contributed by atoms with Crippen LogP contribution >= 0.6 is 0 Å². The molecule has 2 rings (SSSR count). The van der Waals surface area contributed by atoms with Gasteiger partial charge in [-0.3, -0.25) is 0 Å². The van der Waals surface area contributed by atoms with E-state index in [2.05, 4.69) is 20.2 Å². The molecule has 1 aliphatic rings. The van der Waals surface area contributed by atoms with Crippen LogP contribution in [-0.4, -0.2) is 41.3 Å². The third-order valence-electron chi connectivity index (χ3n) is 3.53. The molecule has 4 N–H and O–H groups in total. The third-order valence-corrected chi connectivity index (χ3v) is 3.53. The lowest BCUT2D eigenvalue weighted by molar-refractivity contribution is 0.110. The zero-order valence-corrected chi connectivity index (χ0v) is 10.9. The van der Waals surface area contributed by atoms with Crippen molar-refractivity contribution < 1.29 is 5.11 Å². The SMILES string of the molecule is CNc1cc(N2CCC(C(C)O)CC2)nc(N)n1. The summed E-state index contributed by atoms with van der Waals surface area (Å²) < 4.78 is 0. The van der Waals surface area contributed by atoms with Crippen molar-refractivity contribution in [2.75, 3.05) is 36.1 Å². The second kappa shape index (κ2) is 5.39. The molecule has 0 saturated carbocycles. The summed E-state index contributed by atoms with van der Waals surface area (Å²) in [7, 11) is 1.81. The Kier molecular flexibility index (Phi) is 3.86. The summed E-state index contributed by atoms with van der Waals surface area (Å²) >= 11 is 0. The maximum absolute atomic E-state index is 9.59. The Hall–Kier alpha value is -1.56. The van der Waals surface area contributed by atoms with Gasteiger partial charge in [0, 0.05) is 26.2 Å². The summed E-state index contributed by atoms with van der Waals surface area (Å²) in [6, 6.07) is 1.90. The van der Waals surface area contributed by atoms with Crippen LogP contribution in [0.15, 0.2) is 6.07 Å². The molecule has 0 radical (unpaired) electrons. The average molecular weight is 251 g/mol. The third kappa shape index (κ3) is 2.81. The Bertz CT molecular complexity index is 401. The molecule has 0 aromatic carbocycles. The number of aliphatic hydroxyl groups is 1. The van der Waals surface area contributed by atoms with Gasteiger partial charge in [-0.15, -0.1) is 0 Å². The lowest BCUT2D eigenvalue weighted by atomic mass is 9.92. The molecule has 1 unspecified atom stereocenters. The van der Waals surface area contributed by atoms with Gasteiger partial charge in [0.05, 0.1) is 6.10 Å². The first-order valence-corrected chi connectivity index (χ1v) is 6.35. The highest BCUT2D eigenvalue weighted by molar-refractivity contribution is 5.52. The van der Waals surface area contributed by atoms with Gasteiger partial charge in [0.15, 0.2) is 0 Å². The van der Waals surface area contributed by atoms with E-state index in [1.807, 2.05) is 20.0 Å². The predicted molar refractivity (Wildman–Crippen MR) is 72.6 cm³/mol. The minimum absolute atomic E-state index is 0.226. The van der Waals surface area contributed by atoms with E-state index < -0.39 is 0 Å². The molecular weight excluding hydrogens is 230 g/mol. The summed E-state index contributed by atoms with van der Waals surface area (Å²) in [5.41, 5.74) is 5.69. The predicted octanol–water partition coefficient (Wildman–Crippen LogP) is 0.698. The molecule has 1 fully saturated rings. The fourth-order valence-electron chi connectivity index (χ4n) is 2.35. The van der Waals surface area contributed by atoms with E-state index in [-0.39, 0.29) is 12.1 Å². The zero-order chi connectivity index (χ0) is 13.1. The summed E-state index contributed by atoms with van der Waals surface area (Å²) in [6.07, 6.45) is 1.74. The first-order chi connectivity index (χ1) is 8.60. The van der Waals surface area contributed by atoms with Gasteiger partial charge >= 0.3 is 0 Å². The Morgan fingerprint density at radius 3 is 2.67 bits per heavy atom. The van der Waals surface area contributed by atoms with E-state index in [0.29, 0.717) is 5.92 Å². The van der Waals surface area contributed by atoms with E-state index in [0.717, 1.165) is 37.6 Å². The number of hydrogen-bond donors (Lipinski definition) is 3. The van der Waals surface area contributed by atoms with Crippen LogP contribution in [0.3, 0.4) is 0 Å². The van der Waals surface area contributed by atoms with Crippen LogP contribution in [0.5, 0.6) is 0 Å². The molecule has 6 nitrogen and oxygen atoms in total. The van der Waals surface area contributed by atoms with Crippen molar-refractivity contribution >= 4 is 17.6 Å². The van der Waals surface area contributed by atoms with Gasteiger partial charge in [-0.2, -0.15) is 9.97 Å². The molecular formula is C12H21N5O. The molecule has 1 aromatic heterocycles. The minimum Gasteiger partial charge on any atom is -0.393 e. The van der Waals surface area contributed by atoms with Gasteiger partial charge in [0.2, 0.25) is 5.95 Å². The number of nitrogens with one attached hydrogen (secondary N) is 1. The Balaban J connectivity index is 2.07. The number of aromatic nitrogens is 2. The number of piperidine rings is 1. The van der Waals surface area contributed by atoms with Crippen LogP contribution in [0.1, 0.15) is 19.8 Å². The van der Waals surface area contributed by atoms with Crippen LogP contribution in [-0.2, 0) is 0 Å². The molecule has 1 saturated heterocycles. The summed E-state index contributed by atoms with van der Waals surface area (Å²) in [4.78, 5) is 10.5. The molecule has 100 valence electrons. The lowest BCUT2D eigenvalue weighted by Crippen LogP contribution is -2.37. The number of nitrogens with zero attached hydrogens (tertiary/aromatic N) is 3. The van der Waals surface area contributed by atoms with Crippen molar-refractivity contribution in [3.05, 3.63) is 6.07 Å². The molecule has 1 aromatic rings.